The highest BCUT2D eigenvalue weighted by Crippen LogP contribution is 2.23. The van der Waals surface area contributed by atoms with Crippen molar-refractivity contribution >= 4 is 27.8 Å². The molecule has 0 saturated carbocycles. The Kier molecular flexibility index (Phi) is 4.52. The van der Waals surface area contributed by atoms with E-state index < -0.39 is 0 Å². The lowest BCUT2D eigenvalue weighted by Gasteiger charge is -2.31. The van der Waals surface area contributed by atoms with Gasteiger partial charge in [0, 0.05) is 31.9 Å². The summed E-state index contributed by atoms with van der Waals surface area (Å²) < 4.78 is 5.58. The van der Waals surface area contributed by atoms with E-state index in [1.165, 1.54) is 7.11 Å². The minimum absolute atomic E-state index is 0.117. The summed E-state index contributed by atoms with van der Waals surface area (Å²) in [6, 6.07) is 0. The number of carbonyl (C=O) groups is 1. The molecule has 0 atom stereocenters. The van der Waals surface area contributed by atoms with Gasteiger partial charge in [0.15, 0.2) is 0 Å². The van der Waals surface area contributed by atoms with E-state index in [1.54, 1.807) is 12.4 Å². The van der Waals surface area contributed by atoms with Crippen LogP contribution in [0.3, 0.4) is 0 Å². The molecule has 0 spiro atoms. The number of piperidine rings is 1. The summed E-state index contributed by atoms with van der Waals surface area (Å²) in [5.41, 5.74) is 0. The standard InChI is InChI=1S/C12H16BrN3O2/c1-18-11(17)6-9-2-4-16(5-3-9)12-14-7-10(13)8-15-12/h7-9H,2-6H2,1H3. The zero-order valence-corrected chi connectivity index (χ0v) is 11.9. The van der Waals surface area contributed by atoms with Crippen LogP contribution in [0.2, 0.25) is 0 Å². The van der Waals surface area contributed by atoms with E-state index in [1.807, 2.05) is 0 Å². The fraction of sp³-hybridized carbons (Fsp3) is 0.583. The third-order valence-corrected chi connectivity index (χ3v) is 3.60. The van der Waals surface area contributed by atoms with Gasteiger partial charge in [0.2, 0.25) is 5.95 Å². The molecule has 6 heteroatoms. The monoisotopic (exact) mass is 313 g/mol. The molecule has 5 nitrogen and oxygen atoms in total. The van der Waals surface area contributed by atoms with Crippen LogP contribution in [0, 0.1) is 5.92 Å². The van der Waals surface area contributed by atoms with E-state index in [4.69, 9.17) is 4.74 Å². The van der Waals surface area contributed by atoms with E-state index in [9.17, 15) is 4.79 Å². The third kappa shape index (κ3) is 3.41. The zero-order valence-electron chi connectivity index (χ0n) is 10.3. The van der Waals surface area contributed by atoms with Crippen LogP contribution in [0.4, 0.5) is 5.95 Å². The highest BCUT2D eigenvalue weighted by molar-refractivity contribution is 9.10. The second kappa shape index (κ2) is 6.13. The van der Waals surface area contributed by atoms with Crippen molar-refractivity contribution < 1.29 is 9.53 Å². The predicted octanol–water partition coefficient (Wildman–Crippen LogP) is 2.02. The molecule has 1 aromatic heterocycles. The van der Waals surface area contributed by atoms with Crippen molar-refractivity contribution in [3.8, 4) is 0 Å². The molecule has 2 heterocycles. The number of methoxy groups -OCH3 is 1. The van der Waals surface area contributed by atoms with Crippen LogP contribution in [0.5, 0.6) is 0 Å². The topological polar surface area (TPSA) is 55.3 Å². The largest absolute Gasteiger partial charge is 0.469 e. The van der Waals surface area contributed by atoms with Gasteiger partial charge in [-0.1, -0.05) is 0 Å². The first kappa shape index (κ1) is 13.3. The molecule has 98 valence electrons. The smallest absolute Gasteiger partial charge is 0.305 e. The van der Waals surface area contributed by atoms with Gasteiger partial charge in [-0.3, -0.25) is 4.79 Å². The summed E-state index contributed by atoms with van der Waals surface area (Å²) >= 11 is 3.32. The van der Waals surface area contributed by atoms with E-state index in [-0.39, 0.29) is 5.97 Å². The molecule has 2 rings (SSSR count). The van der Waals surface area contributed by atoms with Gasteiger partial charge in [-0.05, 0) is 34.7 Å². The van der Waals surface area contributed by atoms with Crippen molar-refractivity contribution in [2.24, 2.45) is 5.92 Å². The predicted molar refractivity (Wildman–Crippen MR) is 71.3 cm³/mol. The molecule has 1 saturated heterocycles. The molecule has 1 fully saturated rings. The van der Waals surface area contributed by atoms with Gasteiger partial charge in [-0.2, -0.15) is 0 Å². The summed E-state index contributed by atoms with van der Waals surface area (Å²) in [7, 11) is 1.44. The number of hydrogen-bond acceptors (Lipinski definition) is 5. The summed E-state index contributed by atoms with van der Waals surface area (Å²) in [4.78, 5) is 21.9. The van der Waals surface area contributed by atoms with Crippen molar-refractivity contribution in [2.45, 2.75) is 19.3 Å². The summed E-state index contributed by atoms with van der Waals surface area (Å²) in [6.07, 6.45) is 5.99. The Hall–Kier alpha value is -1.17. The minimum atomic E-state index is -0.117. The third-order valence-electron chi connectivity index (χ3n) is 3.19. The highest BCUT2D eigenvalue weighted by atomic mass is 79.9. The van der Waals surface area contributed by atoms with Crippen molar-refractivity contribution in [3.63, 3.8) is 0 Å². The first-order chi connectivity index (χ1) is 8.69. The molecule has 0 radical (unpaired) electrons. The summed E-state index contributed by atoms with van der Waals surface area (Å²) in [5, 5.41) is 0. The fourth-order valence-electron chi connectivity index (χ4n) is 2.12. The second-order valence-corrected chi connectivity index (χ2v) is 5.33. The Balaban J connectivity index is 1.86. The maximum absolute atomic E-state index is 11.2. The SMILES string of the molecule is COC(=O)CC1CCN(c2ncc(Br)cn2)CC1. The highest BCUT2D eigenvalue weighted by Gasteiger charge is 2.23. The molecule has 18 heavy (non-hydrogen) atoms. The van der Waals surface area contributed by atoms with Crippen LogP contribution in [0.25, 0.3) is 0 Å². The van der Waals surface area contributed by atoms with E-state index >= 15 is 0 Å². The zero-order chi connectivity index (χ0) is 13.0. The quantitative estimate of drug-likeness (QED) is 0.799. The Morgan fingerprint density at radius 3 is 2.61 bits per heavy atom. The van der Waals surface area contributed by atoms with Gasteiger partial charge >= 0.3 is 5.97 Å². The molecular weight excluding hydrogens is 298 g/mol. The number of rotatable bonds is 3. The lowest BCUT2D eigenvalue weighted by atomic mass is 9.94. The fourth-order valence-corrected chi connectivity index (χ4v) is 2.33. The molecule has 0 aliphatic carbocycles. The van der Waals surface area contributed by atoms with Crippen molar-refractivity contribution in [1.82, 2.24) is 9.97 Å². The molecule has 1 aliphatic rings. The number of halogens is 1. The Labute approximate surface area is 115 Å². The number of nitrogens with zero attached hydrogens (tertiary/aromatic N) is 3. The number of aromatic nitrogens is 2. The van der Waals surface area contributed by atoms with Gasteiger partial charge in [-0.15, -0.1) is 0 Å². The number of esters is 1. The normalized spacial score (nSPS) is 16.7. The average Bonchev–Trinajstić information content (AvgIpc) is 2.40. The van der Waals surface area contributed by atoms with Crippen molar-refractivity contribution in [1.29, 1.82) is 0 Å². The Bertz CT molecular complexity index is 402. The van der Waals surface area contributed by atoms with Crippen molar-refractivity contribution in [2.75, 3.05) is 25.1 Å². The van der Waals surface area contributed by atoms with Crippen LogP contribution in [-0.4, -0.2) is 36.1 Å². The van der Waals surface area contributed by atoms with Crippen LogP contribution in [0.1, 0.15) is 19.3 Å². The van der Waals surface area contributed by atoms with Gasteiger partial charge in [-0.25, -0.2) is 9.97 Å². The van der Waals surface area contributed by atoms with E-state index in [0.717, 1.165) is 36.4 Å². The number of anilines is 1. The first-order valence-corrected chi connectivity index (χ1v) is 6.77. The molecule has 0 N–H and O–H groups in total. The molecule has 0 amide bonds. The van der Waals surface area contributed by atoms with Crippen LogP contribution in [-0.2, 0) is 9.53 Å². The average molecular weight is 314 g/mol. The van der Waals surface area contributed by atoms with Crippen LogP contribution >= 0.6 is 15.9 Å². The molecular formula is C12H16BrN3O2. The summed E-state index contributed by atoms with van der Waals surface area (Å²) in [6.45, 7) is 1.78. The van der Waals surface area contributed by atoms with E-state index in [2.05, 4.69) is 30.8 Å². The Morgan fingerprint density at radius 2 is 2.06 bits per heavy atom. The molecule has 0 bridgehead atoms. The van der Waals surface area contributed by atoms with Gasteiger partial charge < -0.3 is 9.64 Å². The van der Waals surface area contributed by atoms with Crippen LogP contribution < -0.4 is 4.90 Å². The van der Waals surface area contributed by atoms with Gasteiger partial charge in [0.25, 0.3) is 0 Å². The molecule has 0 unspecified atom stereocenters. The lowest BCUT2D eigenvalue weighted by molar-refractivity contribution is -0.141. The lowest BCUT2D eigenvalue weighted by Crippen LogP contribution is -2.35. The minimum Gasteiger partial charge on any atom is -0.469 e. The number of hydrogen-bond donors (Lipinski definition) is 0. The van der Waals surface area contributed by atoms with E-state index in [0.29, 0.717) is 12.3 Å². The number of ether oxygens (including phenoxy) is 1. The summed E-state index contributed by atoms with van der Waals surface area (Å²) in [5.74, 6) is 1.06. The first-order valence-electron chi connectivity index (χ1n) is 5.98. The molecule has 0 aromatic carbocycles. The van der Waals surface area contributed by atoms with Gasteiger partial charge in [0.05, 0.1) is 11.6 Å². The van der Waals surface area contributed by atoms with Crippen LogP contribution in [0.15, 0.2) is 16.9 Å². The molecule has 1 aliphatic heterocycles. The maximum atomic E-state index is 11.2. The second-order valence-electron chi connectivity index (χ2n) is 4.41. The Morgan fingerprint density at radius 1 is 1.44 bits per heavy atom. The van der Waals surface area contributed by atoms with Gasteiger partial charge in [0.1, 0.15) is 0 Å². The number of carbonyl (C=O) groups excluding carboxylic acids is 1. The molecule has 1 aromatic rings. The van der Waals surface area contributed by atoms with Crippen molar-refractivity contribution in [3.05, 3.63) is 16.9 Å². The maximum Gasteiger partial charge on any atom is 0.305 e.